The van der Waals surface area contributed by atoms with Gasteiger partial charge < -0.3 is 14.6 Å². The molecule has 0 radical (unpaired) electrons. The van der Waals surface area contributed by atoms with Crippen molar-refractivity contribution in [2.45, 2.75) is 68.7 Å². The largest absolute Gasteiger partial charge is 0.473 e. The molecule has 4 aliphatic carbocycles. The first-order valence-corrected chi connectivity index (χ1v) is 20.2. The minimum Gasteiger partial charge on any atom is -0.473 e. The maximum absolute atomic E-state index is 17.8. The molecule has 8 rings (SSSR count). The highest BCUT2D eigenvalue weighted by Crippen LogP contribution is 2.71. The second kappa shape index (κ2) is 14.5. The summed E-state index contributed by atoms with van der Waals surface area (Å²) in [5.41, 5.74) is -6.03. The molecule has 8 atom stereocenters. The molecule has 0 saturated heterocycles. The standard InChI is InChI=1S/C47H43F3O6S/c1-43-23-21-34(51)26-38(43)39(49)27-37-36-22-24-45(42(54)57-29-48,44(36,2)28-40(52)47(37,43)50)56-41(53)30-13-12-20-35(25-30)55-46(31-14-6-3-7-15-31,32-16-8-4-9-17-32)33-18-10-5-11-19-33/h3-21,23,25-26,36-37,39-40,52H,22,24,27-29H2,1-2H3. The number of hydrogen-bond donors (Lipinski definition) is 1. The van der Waals surface area contributed by atoms with Gasteiger partial charge in [0.25, 0.3) is 0 Å². The van der Waals surface area contributed by atoms with Gasteiger partial charge in [0.1, 0.15) is 17.9 Å². The Morgan fingerprint density at radius 1 is 0.877 bits per heavy atom. The third-order valence-corrected chi connectivity index (χ3v) is 14.1. The van der Waals surface area contributed by atoms with E-state index in [0.29, 0.717) is 17.5 Å². The fourth-order valence-electron chi connectivity index (χ4n) is 10.7. The van der Waals surface area contributed by atoms with Crippen LogP contribution in [-0.2, 0) is 19.9 Å². The third-order valence-electron chi connectivity index (χ3n) is 13.4. The van der Waals surface area contributed by atoms with E-state index in [1.807, 2.05) is 91.0 Å². The van der Waals surface area contributed by atoms with E-state index >= 15 is 8.78 Å². The molecule has 0 bridgehead atoms. The molecule has 10 heteroatoms. The summed E-state index contributed by atoms with van der Waals surface area (Å²) in [5, 5.41) is 11.1. The minimum atomic E-state index is -2.40. The van der Waals surface area contributed by atoms with Crippen molar-refractivity contribution >= 4 is 28.6 Å². The summed E-state index contributed by atoms with van der Waals surface area (Å²) in [6.45, 7) is 3.15. The van der Waals surface area contributed by atoms with Gasteiger partial charge in [-0.3, -0.25) is 9.59 Å². The summed E-state index contributed by atoms with van der Waals surface area (Å²) in [6.07, 6.45) is -0.336. The molecule has 0 spiro atoms. The maximum atomic E-state index is 17.8. The Labute approximate surface area is 334 Å². The van der Waals surface area contributed by atoms with Crippen LogP contribution in [0.4, 0.5) is 13.2 Å². The van der Waals surface area contributed by atoms with E-state index in [1.54, 1.807) is 19.1 Å². The van der Waals surface area contributed by atoms with E-state index in [2.05, 4.69) is 0 Å². The monoisotopic (exact) mass is 792 g/mol. The Morgan fingerprint density at radius 2 is 1.47 bits per heavy atom. The second-order valence-corrected chi connectivity index (χ2v) is 16.9. The minimum absolute atomic E-state index is 0.0194. The van der Waals surface area contributed by atoms with E-state index < -0.39 is 74.7 Å². The van der Waals surface area contributed by atoms with Crippen molar-refractivity contribution in [1.29, 1.82) is 0 Å². The summed E-state index contributed by atoms with van der Waals surface area (Å²) in [4.78, 5) is 40.9. The average molecular weight is 793 g/mol. The van der Waals surface area contributed by atoms with E-state index in [0.717, 1.165) is 22.8 Å². The van der Waals surface area contributed by atoms with E-state index in [4.69, 9.17) is 9.47 Å². The van der Waals surface area contributed by atoms with Crippen LogP contribution in [0.2, 0.25) is 0 Å². The number of esters is 1. The summed E-state index contributed by atoms with van der Waals surface area (Å²) in [7, 11) is 0. The van der Waals surface area contributed by atoms with Gasteiger partial charge in [-0.25, -0.2) is 18.0 Å². The van der Waals surface area contributed by atoms with E-state index in [-0.39, 0.29) is 36.8 Å². The van der Waals surface area contributed by atoms with Crippen LogP contribution < -0.4 is 4.74 Å². The lowest BCUT2D eigenvalue weighted by molar-refractivity contribution is -0.219. The number of rotatable bonds is 9. The molecule has 0 aromatic heterocycles. The number of benzene rings is 4. The SMILES string of the molecule is CC12C=CC(=O)C=C1C(F)CC1C3CCC(OC(=O)c4cccc(OC(c5ccccc5)(c5ccccc5)c5ccccc5)c4)(C(=O)SCF)C3(C)CC(O)C12F. The molecule has 3 fully saturated rings. The van der Waals surface area contributed by atoms with Crippen LogP contribution in [0.15, 0.2) is 139 Å². The molecule has 0 amide bonds. The average Bonchev–Trinajstić information content (AvgIpc) is 3.51. The molecular formula is C47H43F3O6S. The number of ketones is 1. The van der Waals surface area contributed by atoms with Crippen LogP contribution in [0.25, 0.3) is 0 Å². The van der Waals surface area contributed by atoms with Crippen LogP contribution in [0.3, 0.4) is 0 Å². The molecule has 4 aromatic rings. The van der Waals surface area contributed by atoms with Crippen molar-refractivity contribution in [3.8, 4) is 5.75 Å². The van der Waals surface area contributed by atoms with Crippen LogP contribution in [0.5, 0.6) is 5.75 Å². The first-order valence-electron chi connectivity index (χ1n) is 19.2. The van der Waals surface area contributed by atoms with Gasteiger partial charge in [0.2, 0.25) is 5.12 Å². The van der Waals surface area contributed by atoms with Gasteiger partial charge in [-0.15, -0.1) is 0 Å². The zero-order valence-electron chi connectivity index (χ0n) is 31.6. The molecule has 294 valence electrons. The number of aliphatic hydroxyl groups is 1. The molecular weight excluding hydrogens is 750 g/mol. The first kappa shape index (κ1) is 38.9. The molecule has 0 aliphatic heterocycles. The normalized spacial score (nSPS) is 31.7. The summed E-state index contributed by atoms with van der Waals surface area (Å²) in [6, 6.07) is 34.4. The number of aliphatic hydroxyl groups excluding tert-OH is 1. The Balaban J connectivity index is 1.17. The topological polar surface area (TPSA) is 89.9 Å². The number of thioether (sulfide) groups is 1. The molecule has 3 saturated carbocycles. The van der Waals surface area contributed by atoms with Gasteiger partial charge in [-0.1, -0.05) is 110 Å². The lowest BCUT2D eigenvalue weighted by atomic mass is 9.44. The second-order valence-electron chi connectivity index (χ2n) is 16.1. The Bertz CT molecular complexity index is 2150. The van der Waals surface area contributed by atoms with Crippen LogP contribution in [0, 0.1) is 22.7 Å². The smallest absolute Gasteiger partial charge is 0.339 e. The van der Waals surface area contributed by atoms with Crippen molar-refractivity contribution in [3.05, 3.63) is 161 Å². The van der Waals surface area contributed by atoms with E-state index in [1.165, 1.54) is 31.2 Å². The Kier molecular flexibility index (Phi) is 9.88. The van der Waals surface area contributed by atoms with Crippen molar-refractivity contribution in [1.82, 2.24) is 0 Å². The van der Waals surface area contributed by atoms with Crippen LogP contribution in [-0.4, -0.2) is 51.5 Å². The van der Waals surface area contributed by atoms with Gasteiger partial charge >= 0.3 is 5.97 Å². The first-order chi connectivity index (χ1) is 27.3. The highest BCUT2D eigenvalue weighted by molar-refractivity contribution is 8.13. The van der Waals surface area contributed by atoms with Gasteiger partial charge in [0.15, 0.2) is 22.7 Å². The number of allylic oxidation sites excluding steroid dienone is 4. The molecule has 8 unspecified atom stereocenters. The molecule has 6 nitrogen and oxygen atoms in total. The lowest BCUT2D eigenvalue weighted by Gasteiger charge is -2.63. The maximum Gasteiger partial charge on any atom is 0.339 e. The molecule has 4 aliphatic rings. The van der Waals surface area contributed by atoms with Gasteiger partial charge in [0, 0.05) is 33.4 Å². The molecule has 57 heavy (non-hydrogen) atoms. The Morgan fingerprint density at radius 3 is 2.05 bits per heavy atom. The zero-order valence-corrected chi connectivity index (χ0v) is 32.4. The molecule has 1 N–H and O–H groups in total. The highest BCUT2D eigenvalue weighted by Gasteiger charge is 2.76. The van der Waals surface area contributed by atoms with Crippen molar-refractivity contribution in [2.75, 3.05) is 6.01 Å². The number of alkyl halides is 3. The summed E-state index contributed by atoms with van der Waals surface area (Å²) in [5.74, 6) is -2.86. The number of hydrogen-bond acceptors (Lipinski definition) is 7. The van der Waals surface area contributed by atoms with Crippen LogP contribution in [0.1, 0.15) is 66.6 Å². The fraction of sp³-hybridized carbons (Fsp3) is 0.340. The molecule has 4 aromatic carbocycles. The molecule has 0 heterocycles. The van der Waals surface area contributed by atoms with Crippen molar-refractivity contribution < 1.29 is 42.1 Å². The van der Waals surface area contributed by atoms with Gasteiger partial charge in [-0.2, -0.15) is 0 Å². The predicted octanol–water partition coefficient (Wildman–Crippen LogP) is 9.46. The number of carbonyl (C=O) groups is 3. The number of fused-ring (bicyclic) bond motifs is 5. The van der Waals surface area contributed by atoms with E-state index in [9.17, 15) is 23.9 Å². The summed E-state index contributed by atoms with van der Waals surface area (Å²) < 4.78 is 61.2. The predicted molar refractivity (Wildman–Crippen MR) is 212 cm³/mol. The quantitative estimate of drug-likeness (QED) is 0.134. The number of carbonyl (C=O) groups excluding carboxylic acids is 3. The van der Waals surface area contributed by atoms with Crippen molar-refractivity contribution in [3.63, 3.8) is 0 Å². The number of ether oxygens (including phenoxy) is 2. The van der Waals surface area contributed by atoms with Crippen molar-refractivity contribution in [2.24, 2.45) is 22.7 Å². The highest BCUT2D eigenvalue weighted by atomic mass is 32.2. The lowest BCUT2D eigenvalue weighted by Crippen LogP contribution is -2.70. The van der Waals surface area contributed by atoms with Gasteiger partial charge in [-0.05, 0) is 86.2 Å². The van der Waals surface area contributed by atoms with Gasteiger partial charge in [0.05, 0.1) is 11.7 Å². The van der Waals surface area contributed by atoms with Crippen LogP contribution >= 0.6 is 11.8 Å². The Hall–Kier alpha value is -4.93. The zero-order chi connectivity index (χ0) is 40.2. The number of halogens is 3. The fourth-order valence-corrected chi connectivity index (χ4v) is 11.4. The summed E-state index contributed by atoms with van der Waals surface area (Å²) >= 11 is 0.356. The third kappa shape index (κ3) is 5.84.